The van der Waals surface area contributed by atoms with Crippen molar-refractivity contribution in [3.05, 3.63) is 67.7 Å². The number of nitrogens with zero attached hydrogens (tertiary/aromatic N) is 9. The number of rotatable bonds is 4. The highest BCUT2D eigenvalue weighted by atomic mass is 16.2. The van der Waals surface area contributed by atoms with Crippen LogP contribution in [-0.2, 0) is 19.5 Å². The van der Waals surface area contributed by atoms with E-state index in [2.05, 4.69) is 30.0 Å². The molecule has 1 amide bonds. The molecule has 2 heterocycles. The number of anilines is 1. The molecule has 0 saturated carbocycles. The Morgan fingerprint density at radius 3 is 2.92 bits per heavy atom. The standard InChI is InChI=1S/C15H14N10O/c16-15-19-7-10-1-2-25(8-13(10)21-15)14(26)11-3-9(6-20-23-17)4-12(5-11)22-24-18/h3-5,7H,1-2,6,8H2,(H2,16,19,21). The first-order valence-corrected chi connectivity index (χ1v) is 7.70. The van der Waals surface area contributed by atoms with Gasteiger partial charge in [-0.3, -0.25) is 4.79 Å². The molecule has 0 saturated heterocycles. The van der Waals surface area contributed by atoms with Gasteiger partial charge in [0.1, 0.15) is 0 Å². The number of fused-ring (bicyclic) bond motifs is 1. The van der Waals surface area contributed by atoms with Crippen LogP contribution in [0, 0.1) is 0 Å². The molecule has 2 N–H and O–H groups in total. The van der Waals surface area contributed by atoms with E-state index in [0.717, 1.165) is 11.3 Å². The van der Waals surface area contributed by atoms with E-state index in [0.29, 0.717) is 30.6 Å². The van der Waals surface area contributed by atoms with Gasteiger partial charge in [0.15, 0.2) is 0 Å². The number of nitrogens with two attached hydrogens (primary N) is 1. The Bertz CT molecular complexity index is 959. The largest absolute Gasteiger partial charge is 0.368 e. The van der Waals surface area contributed by atoms with Gasteiger partial charge < -0.3 is 10.6 Å². The van der Waals surface area contributed by atoms with Gasteiger partial charge in [-0.05, 0) is 46.8 Å². The number of azide groups is 2. The molecule has 0 radical (unpaired) electrons. The Balaban J connectivity index is 1.90. The molecule has 3 rings (SSSR count). The second-order valence-electron chi connectivity index (χ2n) is 5.64. The number of aromatic nitrogens is 2. The molecule has 1 aliphatic rings. The molecule has 0 aliphatic carbocycles. The SMILES string of the molecule is [N-]=[N+]=NCc1cc(N=[N+]=[N-])cc(C(=O)N2CCc3cnc(N)nc3C2)c1. The number of benzene rings is 1. The van der Waals surface area contributed by atoms with Crippen molar-refractivity contribution in [1.82, 2.24) is 14.9 Å². The number of nitrogen functional groups attached to an aromatic ring is 1. The second-order valence-corrected chi connectivity index (χ2v) is 5.64. The van der Waals surface area contributed by atoms with Crippen LogP contribution in [0.2, 0.25) is 0 Å². The lowest BCUT2D eigenvalue weighted by Gasteiger charge is -2.28. The second kappa shape index (κ2) is 7.39. The Morgan fingerprint density at radius 1 is 1.31 bits per heavy atom. The minimum absolute atomic E-state index is 0.0537. The number of amides is 1. The molecule has 0 fully saturated rings. The summed E-state index contributed by atoms with van der Waals surface area (Å²) in [4.78, 5) is 28.1. The minimum Gasteiger partial charge on any atom is -0.368 e. The molecule has 26 heavy (non-hydrogen) atoms. The van der Waals surface area contributed by atoms with E-state index in [9.17, 15) is 4.79 Å². The van der Waals surface area contributed by atoms with Crippen molar-refractivity contribution < 1.29 is 4.79 Å². The van der Waals surface area contributed by atoms with E-state index in [1.54, 1.807) is 23.2 Å². The molecular formula is C15H14N10O. The molecular weight excluding hydrogens is 336 g/mol. The summed E-state index contributed by atoms with van der Waals surface area (Å²) in [6, 6.07) is 4.70. The summed E-state index contributed by atoms with van der Waals surface area (Å²) in [6.45, 7) is 0.882. The molecule has 2 aromatic rings. The van der Waals surface area contributed by atoms with Gasteiger partial charge in [0, 0.05) is 33.8 Å². The third kappa shape index (κ3) is 3.64. The number of carbonyl (C=O) groups excluding carboxylic acids is 1. The van der Waals surface area contributed by atoms with Crippen LogP contribution in [0.4, 0.5) is 11.6 Å². The van der Waals surface area contributed by atoms with E-state index >= 15 is 0 Å². The van der Waals surface area contributed by atoms with E-state index in [1.165, 1.54) is 6.07 Å². The molecule has 0 bridgehead atoms. The van der Waals surface area contributed by atoms with Crippen LogP contribution in [0.25, 0.3) is 20.9 Å². The van der Waals surface area contributed by atoms with Crippen LogP contribution in [0.5, 0.6) is 0 Å². The molecule has 1 aliphatic heterocycles. The summed E-state index contributed by atoms with van der Waals surface area (Å²) in [6.07, 6.45) is 2.31. The summed E-state index contributed by atoms with van der Waals surface area (Å²) in [5.74, 6) is -0.0648. The molecule has 11 heteroatoms. The third-order valence-electron chi connectivity index (χ3n) is 3.95. The first kappa shape index (κ1) is 17.0. The molecule has 11 nitrogen and oxygen atoms in total. The lowest BCUT2D eigenvalue weighted by molar-refractivity contribution is 0.0731. The monoisotopic (exact) mass is 350 g/mol. The molecule has 0 spiro atoms. The molecule has 1 aromatic carbocycles. The Hall–Kier alpha value is -3.81. The van der Waals surface area contributed by atoms with Gasteiger partial charge in [0.25, 0.3) is 5.91 Å². The van der Waals surface area contributed by atoms with Crippen molar-refractivity contribution in [1.29, 1.82) is 0 Å². The van der Waals surface area contributed by atoms with Crippen molar-refractivity contribution in [2.75, 3.05) is 12.3 Å². The van der Waals surface area contributed by atoms with Crippen LogP contribution < -0.4 is 5.73 Å². The van der Waals surface area contributed by atoms with Gasteiger partial charge in [-0.1, -0.05) is 10.2 Å². The zero-order valence-corrected chi connectivity index (χ0v) is 13.6. The topological polar surface area (TPSA) is 170 Å². The number of hydrogen-bond donors (Lipinski definition) is 1. The van der Waals surface area contributed by atoms with Crippen molar-refractivity contribution in [3.8, 4) is 0 Å². The van der Waals surface area contributed by atoms with Crippen LogP contribution in [0.15, 0.2) is 34.6 Å². The Kier molecular flexibility index (Phi) is 4.84. The summed E-state index contributed by atoms with van der Waals surface area (Å²) in [5, 5.41) is 7.03. The normalized spacial score (nSPS) is 12.5. The Labute approximate surface area is 147 Å². The molecule has 1 aromatic heterocycles. The van der Waals surface area contributed by atoms with Crippen LogP contribution in [0.3, 0.4) is 0 Å². The predicted molar refractivity (Wildman–Crippen MR) is 93.0 cm³/mol. The van der Waals surface area contributed by atoms with Gasteiger partial charge >= 0.3 is 0 Å². The maximum absolute atomic E-state index is 12.9. The van der Waals surface area contributed by atoms with Crippen molar-refractivity contribution in [2.24, 2.45) is 10.2 Å². The fourth-order valence-electron chi connectivity index (χ4n) is 2.79. The first-order chi connectivity index (χ1) is 12.6. The van der Waals surface area contributed by atoms with Gasteiger partial charge in [0.05, 0.1) is 18.8 Å². The quantitative estimate of drug-likeness (QED) is 0.508. The lowest BCUT2D eigenvalue weighted by atomic mass is 10.0. The molecule has 0 unspecified atom stereocenters. The van der Waals surface area contributed by atoms with Gasteiger partial charge in [-0.15, -0.1) is 0 Å². The van der Waals surface area contributed by atoms with Gasteiger partial charge in [-0.2, -0.15) is 0 Å². The minimum atomic E-state index is -0.231. The summed E-state index contributed by atoms with van der Waals surface area (Å²) < 4.78 is 0. The van der Waals surface area contributed by atoms with Crippen molar-refractivity contribution >= 4 is 17.5 Å². The third-order valence-corrected chi connectivity index (χ3v) is 3.95. The fourth-order valence-corrected chi connectivity index (χ4v) is 2.79. The van der Waals surface area contributed by atoms with Crippen molar-refractivity contribution in [3.63, 3.8) is 0 Å². The highest BCUT2D eigenvalue weighted by Gasteiger charge is 2.23. The average molecular weight is 350 g/mol. The zero-order valence-electron chi connectivity index (χ0n) is 13.6. The maximum atomic E-state index is 12.9. The predicted octanol–water partition coefficient (Wildman–Crippen LogP) is 3.01. The Morgan fingerprint density at radius 2 is 2.15 bits per heavy atom. The van der Waals surface area contributed by atoms with E-state index in [1.807, 2.05) is 0 Å². The number of hydrogen-bond acceptors (Lipinski definition) is 6. The van der Waals surface area contributed by atoms with Gasteiger partial charge in [-0.25, -0.2) is 9.97 Å². The average Bonchev–Trinajstić information content (AvgIpc) is 2.65. The molecule has 0 atom stereocenters. The van der Waals surface area contributed by atoms with Crippen LogP contribution in [-0.4, -0.2) is 27.3 Å². The fraction of sp³-hybridized carbons (Fsp3) is 0.267. The number of carbonyl (C=O) groups is 1. The van der Waals surface area contributed by atoms with E-state index in [4.69, 9.17) is 16.8 Å². The smallest absolute Gasteiger partial charge is 0.254 e. The summed E-state index contributed by atoms with van der Waals surface area (Å²) in [7, 11) is 0. The lowest BCUT2D eigenvalue weighted by Crippen LogP contribution is -2.36. The maximum Gasteiger partial charge on any atom is 0.254 e. The van der Waals surface area contributed by atoms with Crippen LogP contribution >= 0.6 is 0 Å². The summed E-state index contributed by atoms with van der Waals surface area (Å²) in [5.41, 5.74) is 25.7. The summed E-state index contributed by atoms with van der Waals surface area (Å²) >= 11 is 0. The van der Waals surface area contributed by atoms with Crippen molar-refractivity contribution in [2.45, 2.75) is 19.5 Å². The van der Waals surface area contributed by atoms with Crippen LogP contribution in [0.1, 0.15) is 27.2 Å². The first-order valence-electron chi connectivity index (χ1n) is 7.70. The highest BCUT2D eigenvalue weighted by Crippen LogP contribution is 2.23. The zero-order chi connectivity index (χ0) is 18.5. The highest BCUT2D eigenvalue weighted by molar-refractivity contribution is 5.95. The van der Waals surface area contributed by atoms with Gasteiger partial charge in [0.2, 0.25) is 5.95 Å². The van der Waals surface area contributed by atoms with E-state index < -0.39 is 0 Å². The molecule has 130 valence electrons. The van der Waals surface area contributed by atoms with E-state index in [-0.39, 0.29) is 24.1 Å².